The van der Waals surface area contributed by atoms with Gasteiger partial charge in [0.15, 0.2) is 0 Å². The van der Waals surface area contributed by atoms with Crippen molar-refractivity contribution in [2.75, 3.05) is 6.54 Å². The SMILES string of the molecule is C[C@H]1c2nn(C)c(-c3ccnn3C3CC3)c2CCN1C(=O)c1ccc2ncccc2c1. The lowest BCUT2D eigenvalue weighted by molar-refractivity contribution is 0.0674. The summed E-state index contributed by atoms with van der Waals surface area (Å²) in [6, 6.07) is 12.1. The Bertz CT molecular complexity index is 1310. The molecule has 0 saturated heterocycles. The zero-order valence-corrected chi connectivity index (χ0v) is 17.7. The van der Waals surface area contributed by atoms with Gasteiger partial charge in [0.25, 0.3) is 5.91 Å². The average molecular weight is 412 g/mol. The number of pyridine rings is 1. The highest BCUT2D eigenvalue weighted by atomic mass is 16.2. The van der Waals surface area contributed by atoms with E-state index < -0.39 is 0 Å². The molecule has 4 aromatic rings. The van der Waals surface area contributed by atoms with Crippen molar-refractivity contribution < 1.29 is 4.79 Å². The number of nitrogens with zero attached hydrogens (tertiary/aromatic N) is 6. The van der Waals surface area contributed by atoms with E-state index >= 15 is 0 Å². The number of carbonyl (C=O) groups excluding carboxylic acids is 1. The van der Waals surface area contributed by atoms with Crippen LogP contribution >= 0.6 is 0 Å². The summed E-state index contributed by atoms with van der Waals surface area (Å²) >= 11 is 0. The van der Waals surface area contributed by atoms with Crippen LogP contribution in [0.5, 0.6) is 0 Å². The maximum atomic E-state index is 13.4. The van der Waals surface area contributed by atoms with Gasteiger partial charge < -0.3 is 4.90 Å². The Hall–Kier alpha value is -3.48. The van der Waals surface area contributed by atoms with Crippen LogP contribution in [-0.2, 0) is 13.5 Å². The maximum Gasteiger partial charge on any atom is 0.254 e. The highest BCUT2D eigenvalue weighted by Gasteiger charge is 2.35. The fourth-order valence-corrected chi connectivity index (χ4v) is 4.83. The lowest BCUT2D eigenvalue weighted by atomic mass is 9.96. The fourth-order valence-electron chi connectivity index (χ4n) is 4.83. The Morgan fingerprint density at radius 1 is 1.13 bits per heavy atom. The van der Waals surface area contributed by atoms with Crippen molar-refractivity contribution in [1.29, 1.82) is 0 Å². The average Bonchev–Trinajstić information content (AvgIpc) is 3.42. The summed E-state index contributed by atoms with van der Waals surface area (Å²) in [4.78, 5) is 19.7. The highest BCUT2D eigenvalue weighted by molar-refractivity contribution is 5.98. The van der Waals surface area contributed by atoms with Gasteiger partial charge in [-0.05, 0) is 56.5 Å². The first-order valence-electron chi connectivity index (χ1n) is 10.9. The van der Waals surface area contributed by atoms with Gasteiger partial charge in [-0.3, -0.25) is 19.1 Å². The summed E-state index contributed by atoms with van der Waals surface area (Å²) in [7, 11) is 1.99. The van der Waals surface area contributed by atoms with Crippen molar-refractivity contribution >= 4 is 16.8 Å². The first kappa shape index (κ1) is 18.3. The summed E-state index contributed by atoms with van der Waals surface area (Å²) in [5.41, 5.74) is 6.09. The minimum Gasteiger partial charge on any atom is -0.330 e. The Morgan fingerprint density at radius 2 is 2.00 bits per heavy atom. The lowest BCUT2D eigenvalue weighted by Crippen LogP contribution is -2.38. The minimum atomic E-state index is -0.0851. The maximum absolute atomic E-state index is 13.4. The predicted molar refractivity (Wildman–Crippen MR) is 118 cm³/mol. The van der Waals surface area contributed by atoms with Crippen molar-refractivity contribution in [2.45, 2.75) is 38.3 Å². The fraction of sp³-hybridized carbons (Fsp3) is 0.333. The smallest absolute Gasteiger partial charge is 0.254 e. The van der Waals surface area contributed by atoms with Crippen LogP contribution in [-0.4, -0.2) is 41.9 Å². The molecule has 1 atom stereocenters. The Kier molecular flexibility index (Phi) is 4.00. The van der Waals surface area contributed by atoms with Gasteiger partial charge in [0, 0.05) is 42.5 Å². The molecule has 0 radical (unpaired) electrons. The number of aryl methyl sites for hydroxylation is 1. The van der Waals surface area contributed by atoms with Gasteiger partial charge >= 0.3 is 0 Å². The third-order valence-corrected chi connectivity index (χ3v) is 6.56. The number of benzene rings is 1. The molecule has 0 spiro atoms. The van der Waals surface area contributed by atoms with Gasteiger partial charge in [-0.25, -0.2) is 0 Å². The van der Waals surface area contributed by atoms with Crippen LogP contribution in [0.25, 0.3) is 22.3 Å². The third kappa shape index (κ3) is 2.87. The molecule has 7 heteroatoms. The van der Waals surface area contributed by atoms with Crippen molar-refractivity contribution in [1.82, 2.24) is 29.4 Å². The van der Waals surface area contributed by atoms with Crippen LogP contribution in [0.2, 0.25) is 0 Å². The molecule has 6 rings (SSSR count). The third-order valence-electron chi connectivity index (χ3n) is 6.56. The predicted octanol–water partition coefficient (Wildman–Crippen LogP) is 3.93. The molecule has 0 N–H and O–H groups in total. The van der Waals surface area contributed by atoms with Gasteiger partial charge in [0.1, 0.15) is 0 Å². The zero-order valence-electron chi connectivity index (χ0n) is 17.7. The number of amides is 1. The van der Waals surface area contributed by atoms with Gasteiger partial charge in [0.2, 0.25) is 0 Å². The molecule has 1 saturated carbocycles. The number of carbonyl (C=O) groups is 1. The Morgan fingerprint density at radius 3 is 2.84 bits per heavy atom. The summed E-state index contributed by atoms with van der Waals surface area (Å²) in [6.45, 7) is 2.75. The quantitative estimate of drug-likeness (QED) is 0.511. The van der Waals surface area contributed by atoms with E-state index in [1.807, 2.05) is 53.2 Å². The first-order chi connectivity index (χ1) is 15.1. The van der Waals surface area contributed by atoms with Crippen molar-refractivity contribution in [2.24, 2.45) is 7.05 Å². The number of hydrogen-bond donors (Lipinski definition) is 0. The van der Waals surface area contributed by atoms with Gasteiger partial charge in [0.05, 0.1) is 34.7 Å². The molecule has 1 amide bonds. The topological polar surface area (TPSA) is 68.8 Å². The number of fused-ring (bicyclic) bond motifs is 2. The Balaban J connectivity index is 1.35. The number of rotatable bonds is 3. The van der Waals surface area contributed by atoms with E-state index in [0.717, 1.165) is 34.4 Å². The molecule has 3 aromatic heterocycles. The van der Waals surface area contributed by atoms with Gasteiger partial charge in [-0.1, -0.05) is 6.07 Å². The van der Waals surface area contributed by atoms with E-state index in [4.69, 9.17) is 5.10 Å². The van der Waals surface area contributed by atoms with Crippen molar-refractivity contribution in [3.05, 3.63) is 65.6 Å². The highest BCUT2D eigenvalue weighted by Crippen LogP contribution is 2.41. The molecule has 1 aliphatic heterocycles. The van der Waals surface area contributed by atoms with Crippen molar-refractivity contribution in [3.63, 3.8) is 0 Å². The summed E-state index contributed by atoms with van der Waals surface area (Å²) < 4.78 is 4.11. The molecule has 156 valence electrons. The van der Waals surface area contributed by atoms with Crippen LogP contribution < -0.4 is 0 Å². The van der Waals surface area contributed by atoms with E-state index in [-0.39, 0.29) is 11.9 Å². The normalized spacial score (nSPS) is 18.4. The van der Waals surface area contributed by atoms with Crippen LogP contribution in [0.15, 0.2) is 48.8 Å². The molecule has 7 nitrogen and oxygen atoms in total. The second kappa shape index (κ2) is 6.77. The monoisotopic (exact) mass is 412 g/mol. The first-order valence-corrected chi connectivity index (χ1v) is 10.9. The Labute approximate surface area is 180 Å². The summed E-state index contributed by atoms with van der Waals surface area (Å²) in [6.07, 6.45) is 6.82. The molecular weight excluding hydrogens is 388 g/mol. The second-order valence-corrected chi connectivity index (χ2v) is 8.56. The van der Waals surface area contributed by atoms with E-state index in [0.29, 0.717) is 18.2 Å². The van der Waals surface area contributed by atoms with Crippen LogP contribution in [0.1, 0.15) is 53.5 Å². The molecule has 1 aliphatic carbocycles. The molecule has 31 heavy (non-hydrogen) atoms. The van der Waals surface area contributed by atoms with Crippen LogP contribution in [0.4, 0.5) is 0 Å². The summed E-state index contributed by atoms with van der Waals surface area (Å²) in [5.74, 6) is 0.0409. The van der Waals surface area contributed by atoms with Crippen molar-refractivity contribution in [3.8, 4) is 11.4 Å². The minimum absolute atomic E-state index is 0.0409. The molecule has 2 aliphatic rings. The van der Waals surface area contributed by atoms with E-state index in [9.17, 15) is 4.79 Å². The zero-order chi connectivity index (χ0) is 21.1. The van der Waals surface area contributed by atoms with Crippen LogP contribution in [0, 0.1) is 0 Å². The van der Waals surface area contributed by atoms with E-state index in [1.165, 1.54) is 18.4 Å². The molecule has 1 aromatic carbocycles. The standard InChI is InChI=1S/C24H24N6O/c1-15-22-19(23(28(2)27-22)21-9-12-26-30(21)18-6-7-18)10-13-29(15)24(31)17-5-8-20-16(14-17)4-3-11-25-20/h3-5,8-9,11-12,14-15,18H,6-7,10,13H2,1-2H3/t15-/m0/s1. The largest absolute Gasteiger partial charge is 0.330 e. The van der Waals surface area contributed by atoms with Gasteiger partial charge in [-0.15, -0.1) is 0 Å². The van der Waals surface area contributed by atoms with Gasteiger partial charge in [-0.2, -0.15) is 10.2 Å². The molecule has 0 unspecified atom stereocenters. The molecule has 1 fully saturated rings. The van der Waals surface area contributed by atoms with E-state index in [2.05, 4.69) is 27.8 Å². The summed E-state index contributed by atoms with van der Waals surface area (Å²) in [5, 5.41) is 10.4. The lowest BCUT2D eigenvalue weighted by Gasteiger charge is -2.33. The van der Waals surface area contributed by atoms with E-state index in [1.54, 1.807) is 6.20 Å². The molecular formula is C24H24N6O. The number of aromatic nitrogens is 5. The number of hydrogen-bond acceptors (Lipinski definition) is 4. The second-order valence-electron chi connectivity index (χ2n) is 8.56. The van der Waals surface area contributed by atoms with Crippen LogP contribution in [0.3, 0.4) is 0 Å². The molecule has 4 heterocycles. The molecule has 0 bridgehead atoms.